The van der Waals surface area contributed by atoms with Gasteiger partial charge in [0.15, 0.2) is 0 Å². The molecule has 1 unspecified atom stereocenters. The summed E-state index contributed by atoms with van der Waals surface area (Å²) >= 11 is 0. The maximum atomic E-state index is 9.15. The van der Waals surface area contributed by atoms with Crippen LogP contribution in [0.25, 0.3) is 0 Å². The van der Waals surface area contributed by atoms with Crippen LogP contribution in [-0.2, 0) is 17.8 Å². The molecule has 104 valence electrons. The standard InChI is InChI=1S/C13H20O3.C2H6/c1-16-13(10-15)8-4-7-11-5-2-3-6-12(11)9-14;1-2/h2-3,5-6,13-15H,4,7-10H2,1H3;1-2H3. The lowest BCUT2D eigenvalue weighted by molar-refractivity contribution is 0.0420. The second-order valence-corrected chi connectivity index (χ2v) is 3.86. The highest BCUT2D eigenvalue weighted by Gasteiger charge is 2.06. The van der Waals surface area contributed by atoms with E-state index in [0.717, 1.165) is 24.8 Å². The highest BCUT2D eigenvalue weighted by molar-refractivity contribution is 5.26. The Labute approximate surface area is 110 Å². The SMILES string of the molecule is CC.COC(CO)CCCc1ccccc1CO. The Morgan fingerprint density at radius 1 is 1.11 bits per heavy atom. The van der Waals surface area contributed by atoms with Crippen LogP contribution in [0.3, 0.4) is 0 Å². The quantitative estimate of drug-likeness (QED) is 0.786. The van der Waals surface area contributed by atoms with Crippen molar-refractivity contribution in [1.29, 1.82) is 0 Å². The van der Waals surface area contributed by atoms with Crippen LogP contribution in [0.15, 0.2) is 24.3 Å². The van der Waals surface area contributed by atoms with E-state index in [4.69, 9.17) is 14.9 Å². The Morgan fingerprint density at radius 2 is 1.72 bits per heavy atom. The van der Waals surface area contributed by atoms with Crippen molar-refractivity contribution in [3.05, 3.63) is 35.4 Å². The van der Waals surface area contributed by atoms with Gasteiger partial charge in [-0.2, -0.15) is 0 Å². The minimum Gasteiger partial charge on any atom is -0.394 e. The number of benzene rings is 1. The molecule has 3 heteroatoms. The minimum absolute atomic E-state index is 0.0676. The first-order chi connectivity index (χ1) is 8.81. The maximum absolute atomic E-state index is 9.15. The lowest BCUT2D eigenvalue weighted by atomic mass is 10.0. The third kappa shape index (κ3) is 6.15. The molecule has 0 aliphatic carbocycles. The van der Waals surface area contributed by atoms with Gasteiger partial charge in [0.1, 0.15) is 0 Å². The van der Waals surface area contributed by atoms with Crippen LogP contribution in [0.2, 0.25) is 0 Å². The molecule has 1 rings (SSSR count). The molecule has 1 aromatic rings. The molecule has 1 atom stereocenters. The fourth-order valence-corrected chi connectivity index (χ4v) is 1.76. The first kappa shape index (κ1) is 17.1. The van der Waals surface area contributed by atoms with E-state index < -0.39 is 0 Å². The predicted octanol–water partition coefficient (Wildman–Crippen LogP) is 2.54. The normalized spacial score (nSPS) is 11.6. The van der Waals surface area contributed by atoms with Gasteiger partial charge in [-0.15, -0.1) is 0 Å². The van der Waals surface area contributed by atoms with E-state index in [1.807, 2.05) is 38.1 Å². The number of hydrogen-bond acceptors (Lipinski definition) is 3. The lowest BCUT2D eigenvalue weighted by Gasteiger charge is -2.12. The summed E-state index contributed by atoms with van der Waals surface area (Å²) in [5.74, 6) is 0. The van der Waals surface area contributed by atoms with E-state index in [9.17, 15) is 0 Å². The Kier molecular flexibility index (Phi) is 10.6. The monoisotopic (exact) mass is 254 g/mol. The van der Waals surface area contributed by atoms with E-state index in [-0.39, 0.29) is 19.3 Å². The van der Waals surface area contributed by atoms with Crippen molar-refractivity contribution in [1.82, 2.24) is 0 Å². The number of hydrogen-bond donors (Lipinski definition) is 2. The Hall–Kier alpha value is -0.900. The summed E-state index contributed by atoms with van der Waals surface area (Å²) in [7, 11) is 1.61. The van der Waals surface area contributed by atoms with Gasteiger partial charge in [0.2, 0.25) is 0 Å². The molecule has 3 nitrogen and oxygen atoms in total. The summed E-state index contributed by atoms with van der Waals surface area (Å²) in [5.41, 5.74) is 2.17. The van der Waals surface area contributed by atoms with Crippen LogP contribution in [0.5, 0.6) is 0 Å². The smallest absolute Gasteiger partial charge is 0.0802 e. The van der Waals surface area contributed by atoms with Crippen LogP contribution >= 0.6 is 0 Å². The zero-order valence-corrected chi connectivity index (χ0v) is 11.7. The van der Waals surface area contributed by atoms with Gasteiger partial charge in [0, 0.05) is 7.11 Å². The van der Waals surface area contributed by atoms with Crippen LogP contribution in [0.4, 0.5) is 0 Å². The molecular weight excluding hydrogens is 228 g/mol. The molecule has 2 N–H and O–H groups in total. The van der Waals surface area contributed by atoms with Crippen LogP contribution in [-0.4, -0.2) is 30.0 Å². The molecular formula is C15H26O3. The summed E-state index contributed by atoms with van der Waals surface area (Å²) in [5, 5.41) is 18.1. The fraction of sp³-hybridized carbons (Fsp3) is 0.600. The Bertz CT molecular complexity index is 296. The summed E-state index contributed by atoms with van der Waals surface area (Å²) in [4.78, 5) is 0. The number of rotatable bonds is 7. The molecule has 0 spiro atoms. The molecule has 0 bridgehead atoms. The molecule has 0 aromatic heterocycles. The van der Waals surface area contributed by atoms with E-state index in [0.29, 0.717) is 0 Å². The molecule has 0 amide bonds. The van der Waals surface area contributed by atoms with E-state index in [2.05, 4.69) is 0 Å². The van der Waals surface area contributed by atoms with Crippen molar-refractivity contribution in [3.8, 4) is 0 Å². The lowest BCUT2D eigenvalue weighted by Crippen LogP contribution is -2.15. The van der Waals surface area contributed by atoms with Gasteiger partial charge < -0.3 is 14.9 Å². The van der Waals surface area contributed by atoms with Gasteiger partial charge in [0.05, 0.1) is 19.3 Å². The zero-order valence-electron chi connectivity index (χ0n) is 11.7. The van der Waals surface area contributed by atoms with Gasteiger partial charge in [0.25, 0.3) is 0 Å². The number of ether oxygens (including phenoxy) is 1. The molecule has 1 aromatic carbocycles. The first-order valence-electron chi connectivity index (χ1n) is 6.63. The van der Waals surface area contributed by atoms with Crippen molar-refractivity contribution >= 4 is 0 Å². The van der Waals surface area contributed by atoms with Gasteiger partial charge in [-0.05, 0) is 30.4 Å². The molecule has 0 radical (unpaired) electrons. The summed E-state index contributed by atoms with van der Waals surface area (Å²) in [6.07, 6.45) is 2.64. The highest BCUT2D eigenvalue weighted by Crippen LogP contribution is 2.13. The van der Waals surface area contributed by atoms with E-state index in [1.165, 1.54) is 5.56 Å². The second kappa shape index (κ2) is 11.2. The number of aryl methyl sites for hydroxylation is 1. The van der Waals surface area contributed by atoms with Gasteiger partial charge in [-0.3, -0.25) is 0 Å². The van der Waals surface area contributed by atoms with Crippen molar-refractivity contribution in [2.45, 2.75) is 45.8 Å². The van der Waals surface area contributed by atoms with E-state index in [1.54, 1.807) is 7.11 Å². The summed E-state index contributed by atoms with van der Waals surface area (Å²) in [6, 6.07) is 7.89. The molecule has 0 saturated heterocycles. The molecule has 18 heavy (non-hydrogen) atoms. The van der Waals surface area contributed by atoms with Gasteiger partial charge in [-0.25, -0.2) is 0 Å². The molecule has 0 fully saturated rings. The van der Waals surface area contributed by atoms with Crippen molar-refractivity contribution in [3.63, 3.8) is 0 Å². The summed E-state index contributed by atoms with van der Waals surface area (Å²) in [6.45, 7) is 4.15. The van der Waals surface area contributed by atoms with Gasteiger partial charge in [-0.1, -0.05) is 38.1 Å². The maximum Gasteiger partial charge on any atom is 0.0802 e. The third-order valence-corrected chi connectivity index (χ3v) is 2.80. The molecule has 0 heterocycles. The number of aliphatic hydroxyl groups is 2. The number of methoxy groups -OCH3 is 1. The molecule has 0 aliphatic rings. The minimum atomic E-state index is -0.0683. The van der Waals surface area contributed by atoms with Crippen LogP contribution in [0.1, 0.15) is 37.8 Å². The molecule has 0 aliphatic heterocycles. The predicted molar refractivity (Wildman–Crippen MR) is 74.5 cm³/mol. The van der Waals surface area contributed by atoms with Crippen molar-refractivity contribution in [2.75, 3.05) is 13.7 Å². The van der Waals surface area contributed by atoms with Crippen molar-refractivity contribution < 1.29 is 14.9 Å². The molecule has 0 saturated carbocycles. The van der Waals surface area contributed by atoms with Crippen molar-refractivity contribution in [2.24, 2.45) is 0 Å². The Morgan fingerprint density at radius 3 is 2.22 bits per heavy atom. The average molecular weight is 254 g/mol. The largest absolute Gasteiger partial charge is 0.394 e. The van der Waals surface area contributed by atoms with Crippen LogP contribution in [0, 0.1) is 0 Å². The van der Waals surface area contributed by atoms with Gasteiger partial charge >= 0.3 is 0 Å². The first-order valence-corrected chi connectivity index (χ1v) is 6.63. The van der Waals surface area contributed by atoms with E-state index >= 15 is 0 Å². The Balaban J connectivity index is 0.00000137. The summed E-state index contributed by atoms with van der Waals surface area (Å²) < 4.78 is 5.09. The fourth-order valence-electron chi connectivity index (χ4n) is 1.76. The highest BCUT2D eigenvalue weighted by atomic mass is 16.5. The topological polar surface area (TPSA) is 49.7 Å². The van der Waals surface area contributed by atoms with Crippen LogP contribution < -0.4 is 0 Å². The number of aliphatic hydroxyl groups excluding tert-OH is 2. The average Bonchev–Trinajstić information content (AvgIpc) is 2.46. The second-order valence-electron chi connectivity index (χ2n) is 3.86. The third-order valence-electron chi connectivity index (χ3n) is 2.80. The zero-order chi connectivity index (χ0) is 13.8.